The summed E-state index contributed by atoms with van der Waals surface area (Å²) in [6, 6.07) is 13.6. The van der Waals surface area contributed by atoms with Crippen molar-refractivity contribution in [1.29, 1.82) is 0 Å². The molecule has 13 heteroatoms. The summed E-state index contributed by atoms with van der Waals surface area (Å²) in [5.74, 6) is -1.96. The highest BCUT2D eigenvalue weighted by Crippen LogP contribution is 2.17. The van der Waals surface area contributed by atoms with Crippen molar-refractivity contribution in [3.63, 3.8) is 0 Å². The van der Waals surface area contributed by atoms with Crippen LogP contribution in [0.4, 0.5) is 5.69 Å². The van der Waals surface area contributed by atoms with E-state index in [4.69, 9.17) is 4.74 Å². The van der Waals surface area contributed by atoms with Gasteiger partial charge in [0, 0.05) is 24.0 Å². The predicted octanol–water partition coefficient (Wildman–Crippen LogP) is 2.71. The number of carbonyl (C=O) groups excluding carboxylic acids is 4. The number of hydrogen-bond donors (Lipinski definition) is 7. The fraction of sp³-hybridized carbons (Fsp3) is 0.472. The number of imidazole rings is 1. The molecule has 49 heavy (non-hydrogen) atoms. The molecular weight excluding hydrogens is 628 g/mol. The molecule has 0 saturated heterocycles. The lowest BCUT2D eigenvalue weighted by Gasteiger charge is -2.29. The van der Waals surface area contributed by atoms with E-state index in [1.807, 2.05) is 58.0 Å². The standard InChI is InChI=1S/C36H50N6O7/c1-5-24(4)31(20-43)41-33(45)17-32(44)29(15-23(2)3)42-35(47)30(16-26-18-37-22-39-26)40-34(46)19-38-28-14-10-9-13-27(28)36(48)49-21-25-11-7-6-8-12-25/h6-14,18,22-24,29-32,38,43-44H,5,15-17,19-21H2,1-4H3,(H,37,39)(H,40,46)(H,41,45)(H,42,47)/t24?,29?,30-,31+,32?/m0/s1. The van der Waals surface area contributed by atoms with Gasteiger partial charge in [-0.3, -0.25) is 14.4 Å². The van der Waals surface area contributed by atoms with Crippen LogP contribution in [0, 0.1) is 11.8 Å². The van der Waals surface area contributed by atoms with Crippen LogP contribution in [0.1, 0.15) is 68.6 Å². The molecule has 3 amide bonds. The van der Waals surface area contributed by atoms with Crippen LogP contribution in [0.2, 0.25) is 0 Å². The number of benzene rings is 2. The van der Waals surface area contributed by atoms with Gasteiger partial charge in [-0.25, -0.2) is 9.78 Å². The number of aromatic nitrogens is 2. The third-order valence-corrected chi connectivity index (χ3v) is 8.22. The van der Waals surface area contributed by atoms with Gasteiger partial charge < -0.3 is 41.2 Å². The number of esters is 1. The summed E-state index contributed by atoms with van der Waals surface area (Å²) in [6.07, 6.45) is 2.72. The van der Waals surface area contributed by atoms with Crippen LogP contribution in [0.15, 0.2) is 67.1 Å². The van der Waals surface area contributed by atoms with E-state index in [9.17, 15) is 29.4 Å². The van der Waals surface area contributed by atoms with E-state index in [0.717, 1.165) is 12.0 Å². The molecule has 0 bridgehead atoms. The molecule has 266 valence electrons. The zero-order valence-electron chi connectivity index (χ0n) is 28.6. The third kappa shape index (κ3) is 13.0. The minimum Gasteiger partial charge on any atom is -0.457 e. The number of nitrogens with one attached hydrogen (secondary N) is 5. The molecule has 13 nitrogen and oxygen atoms in total. The molecule has 0 aliphatic carbocycles. The molecule has 1 heterocycles. The number of ether oxygens (including phenoxy) is 1. The number of aliphatic hydroxyl groups is 2. The van der Waals surface area contributed by atoms with Crippen LogP contribution < -0.4 is 21.3 Å². The molecule has 3 rings (SSSR count). The Hall–Kier alpha value is -4.75. The molecule has 5 atom stereocenters. The van der Waals surface area contributed by atoms with Crippen molar-refractivity contribution in [2.75, 3.05) is 18.5 Å². The van der Waals surface area contributed by atoms with Gasteiger partial charge >= 0.3 is 5.97 Å². The first-order valence-corrected chi connectivity index (χ1v) is 16.7. The van der Waals surface area contributed by atoms with Crippen molar-refractivity contribution in [1.82, 2.24) is 25.9 Å². The fourth-order valence-electron chi connectivity index (χ4n) is 5.22. The predicted molar refractivity (Wildman–Crippen MR) is 185 cm³/mol. The normalized spacial score (nSPS) is 14.2. The lowest BCUT2D eigenvalue weighted by molar-refractivity contribution is -0.130. The number of aromatic amines is 1. The number of rotatable bonds is 20. The Morgan fingerprint density at radius 1 is 0.918 bits per heavy atom. The Balaban J connectivity index is 1.66. The maximum absolute atomic E-state index is 13.7. The molecule has 0 saturated carbocycles. The second kappa shape index (κ2) is 19.9. The number of H-pyrrole nitrogens is 1. The number of nitrogens with zero attached hydrogens (tertiary/aromatic N) is 1. The van der Waals surface area contributed by atoms with Gasteiger partial charge in [-0.15, -0.1) is 0 Å². The topological polar surface area (TPSA) is 195 Å². The first-order chi connectivity index (χ1) is 23.5. The number of aliphatic hydroxyl groups excluding tert-OH is 2. The minimum absolute atomic E-state index is 0.0422. The maximum atomic E-state index is 13.7. The molecule has 7 N–H and O–H groups in total. The first-order valence-electron chi connectivity index (χ1n) is 16.7. The van der Waals surface area contributed by atoms with Gasteiger partial charge in [0.1, 0.15) is 12.6 Å². The fourth-order valence-corrected chi connectivity index (χ4v) is 5.22. The Labute approximate surface area is 287 Å². The lowest BCUT2D eigenvalue weighted by Crippen LogP contribution is -2.55. The average Bonchev–Trinajstić information content (AvgIpc) is 3.61. The van der Waals surface area contributed by atoms with Crippen LogP contribution in [-0.2, 0) is 32.1 Å². The second-order valence-corrected chi connectivity index (χ2v) is 12.6. The van der Waals surface area contributed by atoms with E-state index >= 15 is 0 Å². The number of amides is 3. The van der Waals surface area contributed by atoms with Crippen molar-refractivity contribution < 1.29 is 34.1 Å². The highest BCUT2D eigenvalue weighted by Gasteiger charge is 2.30. The van der Waals surface area contributed by atoms with Crippen molar-refractivity contribution in [2.45, 2.75) is 84.2 Å². The number of anilines is 1. The summed E-state index contributed by atoms with van der Waals surface area (Å²) < 4.78 is 5.47. The quantitative estimate of drug-likeness (QED) is 0.0880. The summed E-state index contributed by atoms with van der Waals surface area (Å²) in [5.41, 5.74) is 2.08. The molecule has 2 aromatic carbocycles. The van der Waals surface area contributed by atoms with Crippen molar-refractivity contribution >= 4 is 29.4 Å². The van der Waals surface area contributed by atoms with Crippen LogP contribution >= 0.6 is 0 Å². The highest BCUT2D eigenvalue weighted by molar-refractivity contribution is 5.96. The molecule has 3 aromatic rings. The van der Waals surface area contributed by atoms with Crippen molar-refractivity contribution in [3.05, 3.63) is 83.9 Å². The van der Waals surface area contributed by atoms with E-state index < -0.39 is 47.9 Å². The number of hydrogen-bond acceptors (Lipinski definition) is 9. The average molecular weight is 679 g/mol. The Kier molecular flexibility index (Phi) is 15.7. The number of carbonyl (C=O) groups is 4. The van der Waals surface area contributed by atoms with Crippen molar-refractivity contribution in [3.8, 4) is 0 Å². The van der Waals surface area contributed by atoms with Crippen LogP contribution in [0.3, 0.4) is 0 Å². The van der Waals surface area contributed by atoms with E-state index in [1.165, 1.54) is 6.33 Å². The molecule has 0 spiro atoms. The lowest BCUT2D eigenvalue weighted by atomic mass is 9.95. The van der Waals surface area contributed by atoms with Gasteiger partial charge in [0.25, 0.3) is 0 Å². The van der Waals surface area contributed by atoms with Gasteiger partial charge in [0.15, 0.2) is 0 Å². The molecule has 1 aromatic heterocycles. The maximum Gasteiger partial charge on any atom is 0.340 e. The monoisotopic (exact) mass is 678 g/mol. The summed E-state index contributed by atoms with van der Waals surface area (Å²) in [4.78, 5) is 59.4. The van der Waals surface area contributed by atoms with Gasteiger partial charge in [-0.1, -0.05) is 76.6 Å². The zero-order valence-corrected chi connectivity index (χ0v) is 28.6. The summed E-state index contributed by atoms with van der Waals surface area (Å²) >= 11 is 0. The van der Waals surface area contributed by atoms with Crippen LogP contribution in [0.25, 0.3) is 0 Å². The van der Waals surface area contributed by atoms with E-state index in [1.54, 1.807) is 30.5 Å². The van der Waals surface area contributed by atoms with Crippen LogP contribution in [-0.4, -0.2) is 81.3 Å². The van der Waals surface area contributed by atoms with E-state index in [-0.39, 0.29) is 50.0 Å². The highest BCUT2D eigenvalue weighted by atomic mass is 16.5. The Morgan fingerprint density at radius 2 is 1.63 bits per heavy atom. The summed E-state index contributed by atoms with van der Waals surface area (Å²) in [5, 5.41) is 32.1. The summed E-state index contributed by atoms with van der Waals surface area (Å²) in [6.45, 7) is 7.36. The summed E-state index contributed by atoms with van der Waals surface area (Å²) in [7, 11) is 0. The second-order valence-electron chi connectivity index (χ2n) is 12.6. The zero-order chi connectivity index (χ0) is 35.8. The molecule has 0 radical (unpaired) electrons. The van der Waals surface area contributed by atoms with Crippen molar-refractivity contribution in [2.24, 2.45) is 11.8 Å². The van der Waals surface area contributed by atoms with E-state index in [0.29, 0.717) is 17.8 Å². The molecule has 0 aliphatic heterocycles. The molecule has 0 fully saturated rings. The molecular formula is C36H50N6O7. The largest absolute Gasteiger partial charge is 0.457 e. The van der Waals surface area contributed by atoms with Gasteiger partial charge in [-0.2, -0.15) is 0 Å². The Bertz CT molecular complexity index is 1470. The SMILES string of the molecule is CCC(C)[C@@H](CO)NC(=O)CC(O)C(CC(C)C)NC(=O)[C@H](Cc1cnc[nH]1)NC(=O)CNc1ccccc1C(=O)OCc1ccccc1. The van der Waals surface area contributed by atoms with Gasteiger partial charge in [-0.05, 0) is 36.0 Å². The van der Waals surface area contributed by atoms with E-state index in [2.05, 4.69) is 31.2 Å². The molecule has 3 unspecified atom stereocenters. The number of para-hydroxylation sites is 1. The van der Waals surface area contributed by atoms with Gasteiger partial charge in [0.05, 0.1) is 49.7 Å². The van der Waals surface area contributed by atoms with Crippen LogP contribution in [0.5, 0.6) is 0 Å². The molecule has 0 aliphatic rings. The Morgan fingerprint density at radius 3 is 2.29 bits per heavy atom. The minimum atomic E-state index is -1.22. The first kappa shape index (κ1) is 38.7. The third-order valence-electron chi connectivity index (χ3n) is 8.22. The smallest absolute Gasteiger partial charge is 0.340 e. The van der Waals surface area contributed by atoms with Gasteiger partial charge in [0.2, 0.25) is 17.7 Å².